The summed E-state index contributed by atoms with van der Waals surface area (Å²) in [5.41, 5.74) is 0.856. The van der Waals surface area contributed by atoms with Crippen molar-refractivity contribution in [2.75, 3.05) is 0 Å². The zero-order valence-electron chi connectivity index (χ0n) is 8.40. The predicted molar refractivity (Wildman–Crippen MR) is 58.9 cm³/mol. The third-order valence-corrected chi connectivity index (χ3v) is 2.89. The maximum absolute atomic E-state index is 10.9. The van der Waals surface area contributed by atoms with Crippen LogP contribution in [0.5, 0.6) is 5.75 Å². The van der Waals surface area contributed by atoms with Crippen LogP contribution in [0.3, 0.4) is 0 Å². The van der Waals surface area contributed by atoms with Gasteiger partial charge in [0.25, 0.3) is 0 Å². The second kappa shape index (κ2) is 3.72. The van der Waals surface area contributed by atoms with Gasteiger partial charge in [-0.05, 0) is 19.1 Å². The average molecular weight is 241 g/mol. The monoisotopic (exact) mass is 240 g/mol. The van der Waals surface area contributed by atoms with Crippen molar-refractivity contribution in [1.29, 1.82) is 0 Å². The number of phenols is 1. The van der Waals surface area contributed by atoms with E-state index in [1.54, 1.807) is 13.0 Å². The van der Waals surface area contributed by atoms with Gasteiger partial charge in [-0.25, -0.2) is 0 Å². The first-order valence-corrected chi connectivity index (χ1v) is 5.01. The molecular formula is C11H9ClO4. The maximum atomic E-state index is 10.9. The van der Waals surface area contributed by atoms with E-state index in [4.69, 9.17) is 21.1 Å². The first-order valence-electron chi connectivity index (χ1n) is 4.63. The van der Waals surface area contributed by atoms with Gasteiger partial charge in [-0.15, -0.1) is 0 Å². The molecule has 16 heavy (non-hydrogen) atoms. The van der Waals surface area contributed by atoms with Crippen molar-refractivity contribution >= 4 is 28.5 Å². The number of halogens is 1. The zero-order chi connectivity index (χ0) is 11.9. The molecule has 0 fully saturated rings. The zero-order valence-corrected chi connectivity index (χ0v) is 9.15. The fourth-order valence-electron chi connectivity index (χ4n) is 1.54. The molecule has 1 aromatic heterocycles. The lowest BCUT2D eigenvalue weighted by atomic mass is 10.0. The number of carboxylic acids is 1. The summed E-state index contributed by atoms with van der Waals surface area (Å²) in [5, 5.41) is 19.0. The number of aromatic hydroxyl groups is 1. The Kier molecular flexibility index (Phi) is 2.52. The number of hydrogen-bond donors (Lipinski definition) is 2. The Hall–Kier alpha value is -1.68. The molecule has 0 spiro atoms. The van der Waals surface area contributed by atoms with Crippen molar-refractivity contribution in [2.24, 2.45) is 0 Å². The lowest BCUT2D eigenvalue weighted by Gasteiger charge is -2.03. The lowest BCUT2D eigenvalue weighted by molar-refractivity contribution is -0.138. The molecule has 0 radical (unpaired) electrons. The van der Waals surface area contributed by atoms with Crippen LogP contribution in [0.2, 0.25) is 5.02 Å². The molecule has 2 N–H and O–H groups in total. The fraction of sp³-hybridized carbons (Fsp3) is 0.182. The number of rotatable bonds is 2. The van der Waals surface area contributed by atoms with Crippen molar-refractivity contribution in [3.05, 3.63) is 29.0 Å². The highest BCUT2D eigenvalue weighted by atomic mass is 35.5. The van der Waals surface area contributed by atoms with Gasteiger partial charge in [0.05, 0.1) is 12.2 Å². The molecule has 1 aromatic carbocycles. The smallest absolute Gasteiger partial charge is 0.310 e. The average Bonchev–Trinajstić information content (AvgIpc) is 2.66. The summed E-state index contributed by atoms with van der Waals surface area (Å²) in [6.07, 6.45) is 1.36. The van der Waals surface area contributed by atoms with Gasteiger partial charge in [-0.3, -0.25) is 4.79 Å². The van der Waals surface area contributed by atoms with E-state index in [0.717, 1.165) is 0 Å². The lowest BCUT2D eigenvalue weighted by Crippen LogP contribution is -2.06. The molecule has 0 aliphatic carbocycles. The van der Waals surface area contributed by atoms with E-state index in [2.05, 4.69) is 0 Å². The van der Waals surface area contributed by atoms with Crippen LogP contribution < -0.4 is 0 Å². The number of benzene rings is 1. The third-order valence-electron chi connectivity index (χ3n) is 2.53. The number of furan rings is 1. The maximum Gasteiger partial charge on any atom is 0.310 e. The predicted octanol–water partition coefficient (Wildman–Crippen LogP) is 2.98. The van der Waals surface area contributed by atoms with Crippen LogP contribution in [-0.2, 0) is 4.79 Å². The fourth-order valence-corrected chi connectivity index (χ4v) is 1.75. The van der Waals surface area contributed by atoms with Crippen LogP contribution in [-0.4, -0.2) is 16.2 Å². The molecule has 0 aliphatic rings. The van der Waals surface area contributed by atoms with Crippen LogP contribution in [0, 0.1) is 0 Å². The van der Waals surface area contributed by atoms with E-state index in [1.807, 2.05) is 0 Å². The molecule has 5 heteroatoms. The Morgan fingerprint density at radius 1 is 1.50 bits per heavy atom. The normalized spacial score (nSPS) is 12.9. The second-order valence-corrected chi connectivity index (χ2v) is 3.90. The van der Waals surface area contributed by atoms with Gasteiger partial charge in [-0.1, -0.05) is 11.6 Å². The molecule has 2 rings (SSSR count). The SMILES string of the molecule is CC(C(=O)O)c1coc2c(Cl)c(O)ccc12. The Bertz CT molecular complexity index is 558. The van der Waals surface area contributed by atoms with Crippen LogP contribution in [0.25, 0.3) is 11.0 Å². The van der Waals surface area contributed by atoms with E-state index in [1.165, 1.54) is 12.3 Å². The van der Waals surface area contributed by atoms with E-state index >= 15 is 0 Å². The Labute approximate surface area is 96.1 Å². The van der Waals surface area contributed by atoms with Crippen molar-refractivity contribution in [3.63, 3.8) is 0 Å². The van der Waals surface area contributed by atoms with Gasteiger partial charge >= 0.3 is 5.97 Å². The van der Waals surface area contributed by atoms with Crippen LogP contribution in [0.1, 0.15) is 18.4 Å². The highest BCUT2D eigenvalue weighted by Crippen LogP contribution is 2.36. The minimum Gasteiger partial charge on any atom is -0.506 e. The Balaban J connectivity index is 2.67. The molecule has 2 aromatic rings. The molecule has 1 unspecified atom stereocenters. The minimum absolute atomic E-state index is 0.0851. The van der Waals surface area contributed by atoms with Crippen LogP contribution >= 0.6 is 11.6 Å². The van der Waals surface area contributed by atoms with Gasteiger partial charge in [0.15, 0.2) is 5.58 Å². The van der Waals surface area contributed by atoms with Gasteiger partial charge < -0.3 is 14.6 Å². The van der Waals surface area contributed by atoms with Gasteiger partial charge in [0, 0.05) is 10.9 Å². The molecule has 0 aliphatic heterocycles. The summed E-state index contributed by atoms with van der Waals surface area (Å²) < 4.78 is 5.18. The van der Waals surface area contributed by atoms with E-state index in [-0.39, 0.29) is 10.8 Å². The highest BCUT2D eigenvalue weighted by Gasteiger charge is 2.20. The molecule has 0 bridgehead atoms. The van der Waals surface area contributed by atoms with E-state index < -0.39 is 11.9 Å². The minimum atomic E-state index is -0.938. The van der Waals surface area contributed by atoms with E-state index in [0.29, 0.717) is 16.5 Å². The number of hydrogen-bond acceptors (Lipinski definition) is 3. The van der Waals surface area contributed by atoms with Crippen molar-refractivity contribution < 1.29 is 19.4 Å². The summed E-state index contributed by atoms with van der Waals surface area (Å²) in [7, 11) is 0. The Morgan fingerprint density at radius 2 is 2.19 bits per heavy atom. The number of carbonyl (C=O) groups is 1. The number of phenolic OH excluding ortho intramolecular Hbond substituents is 1. The molecule has 1 heterocycles. The van der Waals surface area contributed by atoms with Crippen LogP contribution in [0.15, 0.2) is 22.8 Å². The highest BCUT2D eigenvalue weighted by molar-refractivity contribution is 6.36. The second-order valence-electron chi connectivity index (χ2n) is 3.53. The molecule has 0 saturated carbocycles. The molecule has 1 atom stereocenters. The molecule has 0 saturated heterocycles. The topological polar surface area (TPSA) is 70.7 Å². The third kappa shape index (κ3) is 1.51. The largest absolute Gasteiger partial charge is 0.506 e. The summed E-state index contributed by atoms with van der Waals surface area (Å²) in [5.74, 6) is -1.70. The van der Waals surface area contributed by atoms with Gasteiger partial charge in [-0.2, -0.15) is 0 Å². The van der Waals surface area contributed by atoms with E-state index in [9.17, 15) is 9.90 Å². The summed E-state index contributed by atoms with van der Waals surface area (Å²) in [6, 6.07) is 3.01. The standard InChI is InChI=1S/C11H9ClO4/c1-5(11(14)15)7-4-16-10-6(7)2-3-8(13)9(10)12/h2-5,13H,1H3,(H,14,15). The van der Waals surface area contributed by atoms with Gasteiger partial charge in [0.2, 0.25) is 0 Å². The molecule has 4 nitrogen and oxygen atoms in total. The number of carboxylic acid groups (broad SMARTS) is 1. The number of fused-ring (bicyclic) bond motifs is 1. The number of aliphatic carboxylic acids is 1. The van der Waals surface area contributed by atoms with Gasteiger partial charge in [0.1, 0.15) is 10.8 Å². The summed E-state index contributed by atoms with van der Waals surface area (Å²) >= 11 is 5.83. The first-order chi connectivity index (χ1) is 7.52. The molecule has 0 amide bonds. The van der Waals surface area contributed by atoms with Crippen molar-refractivity contribution in [1.82, 2.24) is 0 Å². The quantitative estimate of drug-likeness (QED) is 0.847. The first kappa shape index (κ1) is 10.8. The summed E-state index contributed by atoms with van der Waals surface area (Å²) in [4.78, 5) is 10.9. The summed E-state index contributed by atoms with van der Waals surface area (Å²) in [6.45, 7) is 1.56. The van der Waals surface area contributed by atoms with Crippen molar-refractivity contribution in [2.45, 2.75) is 12.8 Å². The van der Waals surface area contributed by atoms with Crippen molar-refractivity contribution in [3.8, 4) is 5.75 Å². The molecule has 84 valence electrons. The Morgan fingerprint density at radius 3 is 2.81 bits per heavy atom. The van der Waals surface area contributed by atoms with Crippen LogP contribution in [0.4, 0.5) is 0 Å². The molecular weight excluding hydrogens is 232 g/mol.